The van der Waals surface area contributed by atoms with Gasteiger partial charge in [-0.15, -0.1) is 0 Å². The predicted molar refractivity (Wildman–Crippen MR) is 70.9 cm³/mol. The van der Waals surface area contributed by atoms with Crippen molar-refractivity contribution >= 4 is 5.78 Å². The molecule has 2 unspecified atom stereocenters. The van der Waals surface area contributed by atoms with Gasteiger partial charge in [-0.2, -0.15) is 0 Å². The molecule has 0 aliphatic heterocycles. The average Bonchev–Trinajstić information content (AvgIpc) is 3.08. The molecule has 2 atom stereocenters. The third-order valence-electron chi connectivity index (χ3n) is 4.14. The second-order valence-electron chi connectivity index (χ2n) is 5.72. The van der Waals surface area contributed by atoms with Crippen molar-refractivity contribution in [3.8, 4) is 5.75 Å². The van der Waals surface area contributed by atoms with Crippen molar-refractivity contribution in [1.29, 1.82) is 0 Å². The van der Waals surface area contributed by atoms with Gasteiger partial charge >= 0.3 is 0 Å². The van der Waals surface area contributed by atoms with E-state index in [4.69, 9.17) is 4.74 Å². The molecule has 2 heteroatoms. The normalized spacial score (nSPS) is 27.2. The summed E-state index contributed by atoms with van der Waals surface area (Å²) in [5, 5.41) is 0. The zero-order valence-corrected chi connectivity index (χ0v) is 10.9. The van der Waals surface area contributed by atoms with Gasteiger partial charge in [-0.1, -0.05) is 25.5 Å². The first kappa shape index (κ1) is 11.8. The summed E-state index contributed by atoms with van der Waals surface area (Å²) in [5.41, 5.74) is 0.826. The molecule has 0 saturated heterocycles. The van der Waals surface area contributed by atoms with Crippen LogP contribution < -0.4 is 4.74 Å². The highest BCUT2D eigenvalue weighted by atomic mass is 16.5. The minimum absolute atomic E-state index is 0.223. The Kier molecular flexibility index (Phi) is 3.11. The largest absolute Gasteiger partial charge is 0.490 e. The van der Waals surface area contributed by atoms with E-state index in [2.05, 4.69) is 6.92 Å². The number of hydrogen-bond donors (Lipinski definition) is 0. The van der Waals surface area contributed by atoms with Crippen LogP contribution in [0.15, 0.2) is 24.3 Å². The van der Waals surface area contributed by atoms with Gasteiger partial charge in [0, 0.05) is 11.5 Å². The van der Waals surface area contributed by atoms with E-state index in [1.807, 2.05) is 24.3 Å². The summed E-state index contributed by atoms with van der Waals surface area (Å²) < 4.78 is 5.75. The van der Waals surface area contributed by atoms with Gasteiger partial charge in [0.25, 0.3) is 0 Å². The van der Waals surface area contributed by atoms with Crippen LogP contribution in [-0.4, -0.2) is 11.9 Å². The van der Waals surface area contributed by atoms with Crippen molar-refractivity contribution in [3.05, 3.63) is 29.8 Å². The van der Waals surface area contributed by atoms with Crippen LogP contribution >= 0.6 is 0 Å². The van der Waals surface area contributed by atoms with Gasteiger partial charge in [-0.05, 0) is 43.7 Å². The summed E-state index contributed by atoms with van der Waals surface area (Å²) in [7, 11) is 0. The summed E-state index contributed by atoms with van der Waals surface area (Å²) >= 11 is 0. The van der Waals surface area contributed by atoms with Gasteiger partial charge in [0.05, 0.1) is 6.10 Å². The Morgan fingerprint density at radius 3 is 2.72 bits per heavy atom. The van der Waals surface area contributed by atoms with E-state index < -0.39 is 0 Å². The van der Waals surface area contributed by atoms with Crippen LogP contribution in [0.5, 0.6) is 5.75 Å². The van der Waals surface area contributed by atoms with Crippen LogP contribution in [0, 0.1) is 11.8 Å². The maximum atomic E-state index is 12.5. The quantitative estimate of drug-likeness (QED) is 0.752. The Labute approximate surface area is 108 Å². The van der Waals surface area contributed by atoms with Crippen LogP contribution in [0.4, 0.5) is 0 Å². The molecule has 0 aromatic heterocycles. The number of benzene rings is 1. The molecule has 1 aromatic carbocycles. The number of hydrogen-bond acceptors (Lipinski definition) is 2. The molecule has 1 aromatic rings. The van der Waals surface area contributed by atoms with Crippen molar-refractivity contribution in [3.63, 3.8) is 0 Å². The molecule has 0 spiro atoms. The number of rotatable bonds is 4. The summed E-state index contributed by atoms with van der Waals surface area (Å²) in [4.78, 5) is 12.5. The molecule has 18 heavy (non-hydrogen) atoms. The smallest absolute Gasteiger partial charge is 0.166 e. The van der Waals surface area contributed by atoms with Crippen LogP contribution in [0.2, 0.25) is 0 Å². The summed E-state index contributed by atoms with van der Waals surface area (Å²) in [6, 6.07) is 7.73. The van der Waals surface area contributed by atoms with Gasteiger partial charge in [-0.3, -0.25) is 4.79 Å². The van der Waals surface area contributed by atoms with Crippen molar-refractivity contribution in [2.24, 2.45) is 11.8 Å². The van der Waals surface area contributed by atoms with E-state index in [-0.39, 0.29) is 5.92 Å². The number of Topliss-reactive ketones (excluding diaryl/α,β-unsaturated/α-hetero) is 1. The molecule has 3 rings (SSSR count). The highest BCUT2D eigenvalue weighted by molar-refractivity contribution is 5.98. The van der Waals surface area contributed by atoms with Crippen molar-refractivity contribution in [1.82, 2.24) is 0 Å². The SMILES string of the molecule is CC1CCCC1C(=O)c1cccc(OC2CC2)c1. The molecule has 2 nitrogen and oxygen atoms in total. The maximum absolute atomic E-state index is 12.5. The lowest BCUT2D eigenvalue weighted by Crippen LogP contribution is -2.17. The average molecular weight is 244 g/mol. The summed E-state index contributed by atoms with van der Waals surface area (Å²) in [6.45, 7) is 2.19. The fourth-order valence-corrected chi connectivity index (χ4v) is 2.85. The first-order valence-electron chi connectivity index (χ1n) is 7.05. The Morgan fingerprint density at radius 1 is 1.22 bits per heavy atom. The van der Waals surface area contributed by atoms with Gasteiger partial charge in [0.2, 0.25) is 0 Å². The first-order valence-corrected chi connectivity index (χ1v) is 7.05. The van der Waals surface area contributed by atoms with E-state index in [0.29, 0.717) is 17.8 Å². The fourth-order valence-electron chi connectivity index (χ4n) is 2.85. The highest BCUT2D eigenvalue weighted by Crippen LogP contribution is 2.34. The zero-order valence-electron chi connectivity index (χ0n) is 10.9. The molecule has 2 fully saturated rings. The zero-order chi connectivity index (χ0) is 12.5. The third-order valence-corrected chi connectivity index (χ3v) is 4.14. The molecule has 2 saturated carbocycles. The fraction of sp³-hybridized carbons (Fsp3) is 0.562. The van der Waals surface area contributed by atoms with Crippen molar-refractivity contribution in [2.45, 2.75) is 45.1 Å². The maximum Gasteiger partial charge on any atom is 0.166 e. The molecular formula is C16H20O2. The van der Waals surface area contributed by atoms with E-state index >= 15 is 0 Å². The Balaban J connectivity index is 1.75. The molecule has 0 radical (unpaired) electrons. The molecule has 0 heterocycles. The van der Waals surface area contributed by atoms with Crippen molar-refractivity contribution < 1.29 is 9.53 Å². The highest BCUT2D eigenvalue weighted by Gasteiger charge is 2.30. The lowest BCUT2D eigenvalue weighted by Gasteiger charge is -2.14. The predicted octanol–water partition coefficient (Wildman–Crippen LogP) is 3.85. The molecule has 0 amide bonds. The molecule has 2 aliphatic carbocycles. The number of carbonyl (C=O) groups excluding carboxylic acids is 1. The molecular weight excluding hydrogens is 224 g/mol. The van der Waals surface area contributed by atoms with Gasteiger partial charge in [0.1, 0.15) is 5.75 Å². The first-order chi connectivity index (χ1) is 8.74. The van der Waals surface area contributed by atoms with E-state index in [1.165, 1.54) is 12.8 Å². The van der Waals surface area contributed by atoms with Gasteiger partial charge < -0.3 is 4.74 Å². The third kappa shape index (κ3) is 2.43. The summed E-state index contributed by atoms with van der Waals surface area (Å²) in [6.07, 6.45) is 6.12. The molecule has 2 aliphatic rings. The van der Waals surface area contributed by atoms with Gasteiger partial charge in [0.15, 0.2) is 5.78 Å². The lowest BCUT2D eigenvalue weighted by molar-refractivity contribution is 0.0896. The lowest BCUT2D eigenvalue weighted by atomic mass is 9.89. The Morgan fingerprint density at radius 2 is 2.06 bits per heavy atom. The summed E-state index contributed by atoms with van der Waals surface area (Å²) in [5.74, 6) is 1.92. The van der Waals surface area contributed by atoms with Crippen molar-refractivity contribution in [2.75, 3.05) is 0 Å². The molecule has 0 N–H and O–H groups in total. The van der Waals surface area contributed by atoms with Crippen LogP contribution in [0.3, 0.4) is 0 Å². The second-order valence-corrected chi connectivity index (χ2v) is 5.72. The number of carbonyl (C=O) groups is 1. The number of ketones is 1. The molecule has 0 bridgehead atoms. The minimum Gasteiger partial charge on any atom is -0.490 e. The standard InChI is InChI=1S/C16H20O2/c1-11-4-2-7-15(11)16(17)12-5-3-6-14(10-12)18-13-8-9-13/h3,5-6,10-11,13,15H,2,4,7-9H2,1H3. The monoisotopic (exact) mass is 244 g/mol. The van der Waals surface area contributed by atoms with E-state index in [9.17, 15) is 4.79 Å². The van der Waals surface area contributed by atoms with E-state index in [1.54, 1.807) is 0 Å². The van der Waals surface area contributed by atoms with Crippen LogP contribution in [-0.2, 0) is 0 Å². The number of ether oxygens (including phenoxy) is 1. The molecule has 96 valence electrons. The Bertz CT molecular complexity index is 448. The van der Waals surface area contributed by atoms with Crippen LogP contribution in [0.1, 0.15) is 49.4 Å². The second kappa shape index (κ2) is 4.75. The van der Waals surface area contributed by atoms with Crippen LogP contribution in [0.25, 0.3) is 0 Å². The van der Waals surface area contributed by atoms with Gasteiger partial charge in [-0.25, -0.2) is 0 Å². The minimum atomic E-state index is 0.223. The van der Waals surface area contributed by atoms with E-state index in [0.717, 1.165) is 30.6 Å². The Hall–Kier alpha value is -1.31. The topological polar surface area (TPSA) is 26.3 Å².